The van der Waals surface area contributed by atoms with Crippen LogP contribution in [0.4, 0.5) is 0 Å². The lowest BCUT2D eigenvalue weighted by Gasteiger charge is -2.21. The molecule has 0 saturated carbocycles. The quantitative estimate of drug-likeness (QED) is 0.860. The Morgan fingerprint density at radius 1 is 1.16 bits per heavy atom. The second-order valence-corrected chi connectivity index (χ2v) is 4.98. The van der Waals surface area contributed by atoms with Gasteiger partial charge in [0.15, 0.2) is 6.10 Å². The number of ether oxygens (including phenoxy) is 2. The Labute approximate surface area is 115 Å². The van der Waals surface area contributed by atoms with E-state index in [-0.39, 0.29) is 11.9 Å². The van der Waals surface area contributed by atoms with Crippen molar-refractivity contribution >= 4 is 5.91 Å². The monoisotopic (exact) mass is 265 g/mol. The van der Waals surface area contributed by atoms with Crippen LogP contribution in [0.1, 0.15) is 27.7 Å². The van der Waals surface area contributed by atoms with Gasteiger partial charge in [0.1, 0.15) is 11.5 Å². The van der Waals surface area contributed by atoms with Gasteiger partial charge in [-0.25, -0.2) is 0 Å². The van der Waals surface area contributed by atoms with Gasteiger partial charge in [-0.05, 0) is 31.9 Å². The van der Waals surface area contributed by atoms with Gasteiger partial charge in [0.05, 0.1) is 7.11 Å². The summed E-state index contributed by atoms with van der Waals surface area (Å²) in [6, 6.07) is 7.35. The highest BCUT2D eigenvalue weighted by molar-refractivity contribution is 5.81. The van der Waals surface area contributed by atoms with Crippen LogP contribution in [0.3, 0.4) is 0 Å². The van der Waals surface area contributed by atoms with Gasteiger partial charge >= 0.3 is 0 Å². The number of carbonyl (C=O) groups excluding carboxylic acids is 1. The van der Waals surface area contributed by atoms with Crippen molar-refractivity contribution in [2.24, 2.45) is 5.92 Å². The second-order valence-electron chi connectivity index (χ2n) is 4.98. The summed E-state index contributed by atoms with van der Waals surface area (Å²) in [5.74, 6) is 1.62. The smallest absolute Gasteiger partial charge is 0.260 e. The summed E-state index contributed by atoms with van der Waals surface area (Å²) in [5.41, 5.74) is 0. The largest absolute Gasteiger partial charge is 0.497 e. The highest BCUT2D eigenvalue weighted by Crippen LogP contribution is 2.20. The molecule has 0 radical (unpaired) electrons. The Bertz CT molecular complexity index is 418. The lowest BCUT2D eigenvalue weighted by Crippen LogP contribution is -2.43. The van der Waals surface area contributed by atoms with E-state index in [9.17, 15) is 4.79 Å². The van der Waals surface area contributed by atoms with Crippen LogP contribution in [-0.2, 0) is 4.79 Å². The van der Waals surface area contributed by atoms with Gasteiger partial charge in [-0.2, -0.15) is 0 Å². The molecule has 19 heavy (non-hydrogen) atoms. The standard InChI is InChI=1S/C15H23NO3/c1-10(2)11(3)16-15(17)12(4)19-14-8-6-7-13(9-14)18-5/h6-12H,1-5H3,(H,16,17). The topological polar surface area (TPSA) is 47.6 Å². The van der Waals surface area contributed by atoms with Crippen molar-refractivity contribution in [3.8, 4) is 11.5 Å². The summed E-state index contributed by atoms with van der Waals surface area (Å²) < 4.78 is 10.7. The predicted molar refractivity (Wildman–Crippen MR) is 75.5 cm³/mol. The molecule has 0 fully saturated rings. The minimum absolute atomic E-state index is 0.107. The highest BCUT2D eigenvalue weighted by Gasteiger charge is 2.18. The molecular formula is C15H23NO3. The average molecular weight is 265 g/mol. The Morgan fingerprint density at radius 3 is 2.37 bits per heavy atom. The molecule has 2 unspecified atom stereocenters. The van der Waals surface area contributed by atoms with Crippen LogP contribution < -0.4 is 14.8 Å². The van der Waals surface area contributed by atoms with E-state index >= 15 is 0 Å². The van der Waals surface area contributed by atoms with Crippen molar-refractivity contribution in [1.82, 2.24) is 5.32 Å². The number of amides is 1. The number of carbonyl (C=O) groups is 1. The van der Waals surface area contributed by atoms with Crippen molar-refractivity contribution in [3.63, 3.8) is 0 Å². The molecule has 0 aliphatic rings. The second kappa shape index (κ2) is 7.02. The molecule has 1 N–H and O–H groups in total. The van der Waals surface area contributed by atoms with Gasteiger partial charge in [0.25, 0.3) is 5.91 Å². The molecule has 2 atom stereocenters. The molecule has 4 nitrogen and oxygen atoms in total. The van der Waals surface area contributed by atoms with Crippen molar-refractivity contribution in [3.05, 3.63) is 24.3 Å². The van der Waals surface area contributed by atoms with Crippen LogP contribution in [0.2, 0.25) is 0 Å². The van der Waals surface area contributed by atoms with Crippen LogP contribution in [0.5, 0.6) is 11.5 Å². The van der Waals surface area contributed by atoms with Crippen molar-refractivity contribution in [1.29, 1.82) is 0 Å². The first kappa shape index (κ1) is 15.3. The third-order valence-electron chi connectivity index (χ3n) is 3.09. The van der Waals surface area contributed by atoms with E-state index in [0.29, 0.717) is 17.4 Å². The van der Waals surface area contributed by atoms with Gasteiger partial charge in [0, 0.05) is 12.1 Å². The molecule has 4 heteroatoms. The van der Waals surface area contributed by atoms with E-state index < -0.39 is 6.10 Å². The Kier molecular flexibility index (Phi) is 5.67. The Balaban J connectivity index is 2.58. The zero-order valence-corrected chi connectivity index (χ0v) is 12.3. The molecule has 1 aromatic rings. The number of hydrogen-bond acceptors (Lipinski definition) is 3. The van der Waals surface area contributed by atoms with Gasteiger partial charge in [0.2, 0.25) is 0 Å². The van der Waals surface area contributed by atoms with Gasteiger partial charge in [-0.15, -0.1) is 0 Å². The molecule has 1 amide bonds. The molecule has 0 aromatic heterocycles. The lowest BCUT2D eigenvalue weighted by atomic mass is 10.1. The van der Waals surface area contributed by atoms with E-state index in [1.165, 1.54) is 0 Å². The first-order valence-corrected chi connectivity index (χ1v) is 6.55. The number of benzene rings is 1. The molecule has 0 aliphatic carbocycles. The van der Waals surface area contributed by atoms with Crippen molar-refractivity contribution < 1.29 is 14.3 Å². The van der Waals surface area contributed by atoms with E-state index in [0.717, 1.165) is 0 Å². The zero-order valence-electron chi connectivity index (χ0n) is 12.3. The van der Waals surface area contributed by atoms with Crippen LogP contribution in [0.15, 0.2) is 24.3 Å². The molecule has 106 valence electrons. The third-order valence-corrected chi connectivity index (χ3v) is 3.09. The Morgan fingerprint density at radius 2 is 1.79 bits per heavy atom. The maximum Gasteiger partial charge on any atom is 0.260 e. The summed E-state index contributed by atoms with van der Waals surface area (Å²) in [6.45, 7) is 7.86. The van der Waals surface area contributed by atoms with Gasteiger partial charge in [-0.1, -0.05) is 19.9 Å². The Hall–Kier alpha value is -1.71. The number of hydrogen-bond donors (Lipinski definition) is 1. The number of nitrogens with one attached hydrogen (secondary N) is 1. The minimum Gasteiger partial charge on any atom is -0.497 e. The van der Waals surface area contributed by atoms with E-state index in [4.69, 9.17) is 9.47 Å². The molecule has 0 aliphatic heterocycles. The highest BCUT2D eigenvalue weighted by atomic mass is 16.5. The summed E-state index contributed by atoms with van der Waals surface area (Å²) in [6.07, 6.45) is -0.534. The molecule has 0 bridgehead atoms. The number of methoxy groups -OCH3 is 1. The van der Waals surface area contributed by atoms with Crippen molar-refractivity contribution in [2.45, 2.75) is 39.8 Å². The fourth-order valence-electron chi connectivity index (χ4n) is 1.44. The molecule has 1 rings (SSSR count). The molecule has 0 saturated heterocycles. The maximum atomic E-state index is 11.9. The molecule has 1 aromatic carbocycles. The van der Waals surface area contributed by atoms with E-state index in [1.54, 1.807) is 26.2 Å². The average Bonchev–Trinajstić information content (AvgIpc) is 2.38. The summed E-state index contributed by atoms with van der Waals surface area (Å²) >= 11 is 0. The fourth-order valence-corrected chi connectivity index (χ4v) is 1.44. The first-order valence-electron chi connectivity index (χ1n) is 6.55. The van der Waals surface area contributed by atoms with Gasteiger partial charge < -0.3 is 14.8 Å². The predicted octanol–water partition coefficient (Wildman–Crippen LogP) is 2.62. The molecular weight excluding hydrogens is 242 g/mol. The van der Waals surface area contributed by atoms with E-state index in [1.807, 2.05) is 19.1 Å². The molecule has 0 spiro atoms. The third kappa shape index (κ3) is 4.81. The lowest BCUT2D eigenvalue weighted by molar-refractivity contribution is -0.128. The van der Waals surface area contributed by atoms with E-state index in [2.05, 4.69) is 19.2 Å². The fraction of sp³-hybridized carbons (Fsp3) is 0.533. The minimum atomic E-state index is -0.534. The summed E-state index contributed by atoms with van der Waals surface area (Å²) in [7, 11) is 1.60. The van der Waals surface area contributed by atoms with Crippen LogP contribution in [0, 0.1) is 5.92 Å². The maximum absolute atomic E-state index is 11.9. The molecule has 0 heterocycles. The first-order chi connectivity index (χ1) is 8.93. The van der Waals surface area contributed by atoms with Gasteiger partial charge in [-0.3, -0.25) is 4.79 Å². The van der Waals surface area contributed by atoms with Crippen molar-refractivity contribution in [2.75, 3.05) is 7.11 Å². The SMILES string of the molecule is COc1cccc(OC(C)C(=O)NC(C)C(C)C)c1. The normalized spacial score (nSPS) is 13.8. The van der Waals surface area contributed by atoms with Crippen LogP contribution in [-0.4, -0.2) is 25.2 Å². The zero-order chi connectivity index (χ0) is 14.4. The van der Waals surface area contributed by atoms with Crippen LogP contribution in [0.25, 0.3) is 0 Å². The van der Waals surface area contributed by atoms with Crippen LogP contribution >= 0.6 is 0 Å². The summed E-state index contributed by atoms with van der Waals surface area (Å²) in [5, 5.41) is 2.93. The number of rotatable bonds is 6. The summed E-state index contributed by atoms with van der Waals surface area (Å²) in [4.78, 5) is 11.9.